The summed E-state index contributed by atoms with van der Waals surface area (Å²) in [6, 6.07) is 56.9. The summed E-state index contributed by atoms with van der Waals surface area (Å²) in [6.45, 7) is 6.40. The van der Waals surface area contributed by atoms with E-state index in [1.165, 1.54) is 109 Å². The molecule has 7 atom stereocenters. The van der Waals surface area contributed by atoms with Crippen LogP contribution in [0.1, 0.15) is 279 Å². The first kappa shape index (κ1) is 87.9. The molecule has 15 nitrogen and oxygen atoms in total. The highest BCUT2D eigenvalue weighted by Crippen LogP contribution is 2.51. The molecule has 0 aromatic heterocycles. The van der Waals surface area contributed by atoms with Crippen molar-refractivity contribution in [3.8, 4) is 0 Å². The van der Waals surface area contributed by atoms with Gasteiger partial charge < -0.3 is 38.8 Å². The third-order valence-electron chi connectivity index (χ3n) is 20.2. The van der Waals surface area contributed by atoms with Crippen molar-refractivity contribution in [3.05, 3.63) is 215 Å². The standard InChI is InChI=1S/C91H130NO14P/c1-4-7-10-13-16-19-20-23-26-29-50-66-85(94)104-82(65-49-28-25-22-18-15-12-9-6-3)70-86(95)106-89-87(92-84(93)69-81(99-71-75-52-36-30-37-53-75)64-48-27-24-21-17-14-11-8-5-2)90(98-67-51-68-101-107(97,102-72-76-54-38-31-39-55-76)103-73-77-56-40-32-41-57-77)105-83(88(89)96)74-100-91(78-58-42-33-43-59-78,79-60-44-34-45-61-79)80-62-46-35-47-63-80/h30-47,52-63,81-83,87-90,96H,4-29,48-51,64-74H2,1-3H3,(H,92,93)/t81-,82-,83-,87-,88-,89-,90-/m1/s1. The van der Waals surface area contributed by atoms with Crippen LogP contribution in [0.4, 0.5) is 0 Å². The van der Waals surface area contributed by atoms with Gasteiger partial charge >= 0.3 is 19.8 Å². The normalized spacial score (nSPS) is 16.6. The fourth-order valence-corrected chi connectivity index (χ4v) is 15.3. The van der Waals surface area contributed by atoms with E-state index in [9.17, 15) is 14.5 Å². The van der Waals surface area contributed by atoms with Gasteiger partial charge in [-0.25, -0.2) is 4.57 Å². The molecule has 1 aliphatic heterocycles. The predicted octanol–water partition coefficient (Wildman–Crippen LogP) is 22.3. The van der Waals surface area contributed by atoms with Crippen molar-refractivity contribution < 1.29 is 66.0 Å². The van der Waals surface area contributed by atoms with Crippen LogP contribution in [-0.2, 0) is 86.4 Å². The van der Waals surface area contributed by atoms with Gasteiger partial charge in [0.25, 0.3) is 0 Å². The fraction of sp³-hybridized carbons (Fsp3) is 0.571. The van der Waals surface area contributed by atoms with Gasteiger partial charge in [0.15, 0.2) is 12.4 Å². The summed E-state index contributed by atoms with van der Waals surface area (Å²) in [6.07, 6.45) is 26.7. The van der Waals surface area contributed by atoms with Crippen molar-refractivity contribution in [2.45, 2.75) is 314 Å². The van der Waals surface area contributed by atoms with E-state index in [-0.39, 0.29) is 64.7 Å². The Bertz CT molecular complexity index is 3140. The number of benzene rings is 6. The second kappa shape index (κ2) is 53.5. The lowest BCUT2D eigenvalue weighted by molar-refractivity contribution is -0.279. The molecule has 0 spiro atoms. The van der Waals surface area contributed by atoms with Crippen molar-refractivity contribution >= 4 is 25.7 Å². The van der Waals surface area contributed by atoms with E-state index in [4.69, 9.17) is 42.0 Å². The van der Waals surface area contributed by atoms with E-state index < -0.39 is 68.2 Å². The molecule has 0 aliphatic carbocycles. The van der Waals surface area contributed by atoms with Crippen molar-refractivity contribution in [1.29, 1.82) is 0 Å². The number of amides is 1. The lowest BCUT2D eigenvalue weighted by atomic mass is 9.80. The van der Waals surface area contributed by atoms with Crippen molar-refractivity contribution in [3.63, 3.8) is 0 Å². The van der Waals surface area contributed by atoms with Crippen molar-refractivity contribution in [2.75, 3.05) is 19.8 Å². The topological polar surface area (TPSA) is 184 Å². The molecule has 1 heterocycles. The molecule has 0 radical (unpaired) electrons. The molecule has 1 amide bonds. The van der Waals surface area contributed by atoms with E-state index >= 15 is 9.59 Å². The number of hydrogen-bond acceptors (Lipinski definition) is 14. The Hall–Kier alpha value is -6.36. The SMILES string of the molecule is CCCCCCCCCCCCCC(=O)O[C@H](CCCCCCCCCCC)CC(=O)O[C@H]1[C@H](O)[C@@H](COC(c2ccccc2)(c2ccccc2)c2ccccc2)O[C@@H](OCCCOP(=O)(OCc2ccccc2)OCc2ccccc2)[C@@H]1NC(=O)C[C@@H](CCCCCCCCCCC)OCc1ccccc1. The Morgan fingerprint density at radius 3 is 1.28 bits per heavy atom. The number of carbonyl (C=O) groups is 3. The Morgan fingerprint density at radius 1 is 0.449 bits per heavy atom. The number of carbonyl (C=O) groups excluding carboxylic acids is 3. The van der Waals surface area contributed by atoms with Crippen LogP contribution in [-0.4, -0.2) is 85.6 Å². The maximum atomic E-state index is 15.2. The highest BCUT2D eigenvalue weighted by Gasteiger charge is 2.51. The zero-order chi connectivity index (χ0) is 75.5. The van der Waals surface area contributed by atoms with E-state index in [1.54, 1.807) is 0 Å². The largest absolute Gasteiger partial charge is 0.475 e. The number of rotatable bonds is 60. The monoisotopic (exact) mass is 1490 g/mol. The van der Waals surface area contributed by atoms with Gasteiger partial charge in [-0.15, -0.1) is 0 Å². The van der Waals surface area contributed by atoms with E-state index in [2.05, 4.69) is 26.1 Å². The molecule has 6 aromatic rings. The number of phosphoric ester groups is 1. The number of hydrogen-bond donors (Lipinski definition) is 2. The first-order chi connectivity index (χ1) is 52.5. The summed E-state index contributed by atoms with van der Waals surface area (Å²) in [4.78, 5) is 44.3. The fourth-order valence-electron chi connectivity index (χ4n) is 14.1. The minimum absolute atomic E-state index is 0.0358. The molecule has 7 rings (SSSR count). The zero-order valence-corrected chi connectivity index (χ0v) is 65.9. The maximum absolute atomic E-state index is 15.2. The molecule has 16 heteroatoms. The first-order valence-corrected chi connectivity index (χ1v) is 42.7. The Morgan fingerprint density at radius 2 is 0.841 bits per heavy atom. The minimum Gasteiger partial charge on any atom is -0.462 e. The number of esters is 2. The molecule has 1 aliphatic rings. The minimum atomic E-state index is -4.21. The van der Waals surface area contributed by atoms with Crippen LogP contribution in [0.5, 0.6) is 0 Å². The molecule has 0 saturated carbocycles. The highest BCUT2D eigenvalue weighted by atomic mass is 31.2. The lowest BCUT2D eigenvalue weighted by Gasteiger charge is -2.45. The number of phosphoric acid groups is 1. The molecule has 0 unspecified atom stereocenters. The molecule has 588 valence electrons. The van der Waals surface area contributed by atoms with Gasteiger partial charge in [-0.3, -0.25) is 28.0 Å². The summed E-state index contributed by atoms with van der Waals surface area (Å²) in [5.74, 6) is -1.52. The summed E-state index contributed by atoms with van der Waals surface area (Å²) in [5.41, 5.74) is 3.69. The molecule has 1 saturated heterocycles. The number of aliphatic hydroxyl groups is 1. The second-order valence-electron chi connectivity index (χ2n) is 29.2. The lowest BCUT2D eigenvalue weighted by Crippen LogP contribution is -2.66. The van der Waals surface area contributed by atoms with Crippen molar-refractivity contribution in [1.82, 2.24) is 5.32 Å². The average Bonchev–Trinajstić information content (AvgIpc) is 0.753. The van der Waals surface area contributed by atoms with Crippen molar-refractivity contribution in [2.24, 2.45) is 0 Å². The van der Waals surface area contributed by atoms with Gasteiger partial charge in [0.2, 0.25) is 5.91 Å². The number of aliphatic hydroxyl groups excluding tert-OH is 1. The van der Waals surface area contributed by atoms with Gasteiger partial charge in [0.1, 0.15) is 30.0 Å². The first-order valence-electron chi connectivity index (χ1n) is 41.2. The molecule has 1 fully saturated rings. The summed E-state index contributed by atoms with van der Waals surface area (Å²) >= 11 is 0. The molecule has 107 heavy (non-hydrogen) atoms. The second-order valence-corrected chi connectivity index (χ2v) is 30.8. The summed E-state index contributed by atoms with van der Waals surface area (Å²) < 4.78 is 73.3. The van der Waals surface area contributed by atoms with Crippen LogP contribution in [0.2, 0.25) is 0 Å². The summed E-state index contributed by atoms with van der Waals surface area (Å²) in [5, 5.41) is 16.4. The van der Waals surface area contributed by atoms with Gasteiger partial charge in [-0.05, 0) is 65.5 Å². The summed E-state index contributed by atoms with van der Waals surface area (Å²) in [7, 11) is -4.21. The Labute approximate surface area is 642 Å². The van der Waals surface area contributed by atoms with E-state index in [0.717, 1.165) is 104 Å². The average molecular weight is 1490 g/mol. The predicted molar refractivity (Wildman–Crippen MR) is 427 cm³/mol. The molecular weight excluding hydrogens is 1360 g/mol. The van der Waals surface area contributed by atoms with Gasteiger partial charge in [0, 0.05) is 6.42 Å². The zero-order valence-electron chi connectivity index (χ0n) is 65.1. The van der Waals surface area contributed by atoms with E-state index in [1.807, 2.05) is 182 Å². The Kier molecular flexibility index (Phi) is 43.9. The van der Waals surface area contributed by atoms with Crippen LogP contribution in [0.3, 0.4) is 0 Å². The quantitative estimate of drug-likeness (QED) is 0.0159. The molecular formula is C91H130NO14P. The highest BCUT2D eigenvalue weighted by molar-refractivity contribution is 7.48. The third-order valence-corrected chi connectivity index (χ3v) is 21.6. The molecule has 0 bridgehead atoms. The van der Waals surface area contributed by atoms with Crippen LogP contribution in [0, 0.1) is 0 Å². The van der Waals surface area contributed by atoms with Gasteiger partial charge in [-0.2, -0.15) is 0 Å². The third kappa shape index (κ3) is 34.2. The smallest absolute Gasteiger partial charge is 0.462 e. The Balaban J connectivity index is 1.19. The van der Waals surface area contributed by atoms with E-state index in [0.29, 0.717) is 25.9 Å². The maximum Gasteiger partial charge on any atom is 0.475 e. The van der Waals surface area contributed by atoms with Crippen LogP contribution in [0.25, 0.3) is 0 Å². The van der Waals surface area contributed by atoms with Gasteiger partial charge in [0.05, 0.1) is 58.6 Å². The van der Waals surface area contributed by atoms with Crippen LogP contribution >= 0.6 is 7.82 Å². The van der Waals surface area contributed by atoms with Gasteiger partial charge in [-0.1, -0.05) is 376 Å². The number of nitrogens with one attached hydrogen (secondary N) is 1. The molecule has 2 N–H and O–H groups in total. The van der Waals surface area contributed by atoms with Crippen LogP contribution < -0.4 is 5.32 Å². The molecule has 6 aromatic carbocycles. The number of unbranched alkanes of at least 4 members (excludes halogenated alkanes) is 26. The number of ether oxygens (including phenoxy) is 6. The van der Waals surface area contributed by atoms with Crippen LogP contribution in [0.15, 0.2) is 182 Å².